The third-order valence-corrected chi connectivity index (χ3v) is 4.49. The number of benzene rings is 1. The molecular weight excluding hydrogens is 381 g/mol. The Hall–Kier alpha value is -2.48. The molecule has 2 heterocycles. The zero-order valence-corrected chi connectivity index (χ0v) is 15.0. The van der Waals surface area contributed by atoms with Crippen molar-refractivity contribution in [3.05, 3.63) is 52.2 Å². The van der Waals surface area contributed by atoms with Crippen LogP contribution in [0.3, 0.4) is 0 Å². The van der Waals surface area contributed by atoms with Gasteiger partial charge in [-0.3, -0.25) is 0 Å². The van der Waals surface area contributed by atoms with Crippen LogP contribution in [0.4, 0.5) is 29.5 Å². The second kappa shape index (κ2) is 8.04. The van der Waals surface area contributed by atoms with Crippen LogP contribution in [-0.4, -0.2) is 24.1 Å². The molecule has 0 spiro atoms. The topological polar surface area (TPSA) is 66.0 Å². The summed E-state index contributed by atoms with van der Waals surface area (Å²) in [4.78, 5) is 16.5. The number of pyridine rings is 1. The smallest absolute Gasteiger partial charge is 0.370 e. The number of hydrogen-bond donors (Lipinski definition) is 3. The van der Waals surface area contributed by atoms with Crippen LogP contribution >= 0.6 is 11.6 Å². The van der Waals surface area contributed by atoms with Crippen LogP contribution in [0.25, 0.3) is 0 Å². The Bertz CT molecular complexity index is 842. The number of alkyl halides is 3. The second-order valence-electron chi connectivity index (χ2n) is 6.13. The Labute approximate surface area is 159 Å². The van der Waals surface area contributed by atoms with Gasteiger partial charge in [-0.1, -0.05) is 23.7 Å². The largest absolute Gasteiger partial charge is 0.418 e. The molecule has 0 saturated carbocycles. The minimum absolute atomic E-state index is 0.178. The molecule has 27 heavy (non-hydrogen) atoms. The highest BCUT2D eigenvalue weighted by atomic mass is 35.5. The highest BCUT2D eigenvalue weighted by Gasteiger charge is 2.34. The molecular formula is C18H18ClF3N4O. The molecule has 3 rings (SSSR count). The van der Waals surface area contributed by atoms with E-state index in [1.165, 1.54) is 12.1 Å². The number of halogens is 4. The number of aryl methyl sites for hydroxylation is 1. The van der Waals surface area contributed by atoms with Gasteiger partial charge in [0, 0.05) is 25.2 Å². The molecule has 3 N–H and O–H groups in total. The summed E-state index contributed by atoms with van der Waals surface area (Å²) in [5.41, 5.74) is 0.499. The predicted molar refractivity (Wildman–Crippen MR) is 98.2 cm³/mol. The molecule has 2 aromatic rings. The summed E-state index contributed by atoms with van der Waals surface area (Å²) >= 11 is 5.82. The maximum absolute atomic E-state index is 13.0. The van der Waals surface area contributed by atoms with Crippen LogP contribution in [0.5, 0.6) is 0 Å². The van der Waals surface area contributed by atoms with E-state index in [-0.39, 0.29) is 11.6 Å². The van der Waals surface area contributed by atoms with Gasteiger partial charge in [0.1, 0.15) is 5.82 Å². The molecule has 0 aliphatic carbocycles. The maximum atomic E-state index is 13.0. The standard InChI is InChI=1S/C18H18ClF3N4O/c19-14-5-1-4-13(18(20,21)22)15(14)26-17(27)24-10-8-12-7-6-11-3-2-9-23-16(11)25-12/h1,4-7H,2-3,8-10H2,(H,23,25)(H2,24,26,27). The van der Waals surface area contributed by atoms with Crippen LogP contribution < -0.4 is 16.0 Å². The minimum atomic E-state index is -4.62. The van der Waals surface area contributed by atoms with Crippen molar-refractivity contribution in [3.8, 4) is 0 Å². The first kappa shape index (κ1) is 19.3. The Balaban J connectivity index is 1.58. The van der Waals surface area contributed by atoms with Gasteiger partial charge in [-0.25, -0.2) is 9.78 Å². The van der Waals surface area contributed by atoms with Crippen LogP contribution in [-0.2, 0) is 19.0 Å². The predicted octanol–water partition coefficient (Wildman–Crippen LogP) is 4.48. The number of rotatable bonds is 4. The van der Waals surface area contributed by atoms with Crippen molar-refractivity contribution in [2.45, 2.75) is 25.4 Å². The van der Waals surface area contributed by atoms with Crippen molar-refractivity contribution in [1.29, 1.82) is 0 Å². The van der Waals surface area contributed by atoms with E-state index in [1.54, 1.807) is 0 Å². The third-order valence-electron chi connectivity index (χ3n) is 4.18. The third kappa shape index (κ3) is 4.82. The molecule has 1 aliphatic rings. The van der Waals surface area contributed by atoms with Crippen LogP contribution in [0, 0.1) is 0 Å². The van der Waals surface area contributed by atoms with Crippen molar-refractivity contribution in [2.24, 2.45) is 0 Å². The monoisotopic (exact) mass is 398 g/mol. The van der Waals surface area contributed by atoms with E-state index in [4.69, 9.17) is 11.6 Å². The lowest BCUT2D eigenvalue weighted by Crippen LogP contribution is -2.31. The summed E-state index contributed by atoms with van der Waals surface area (Å²) in [7, 11) is 0. The van der Waals surface area contributed by atoms with Crippen molar-refractivity contribution in [1.82, 2.24) is 10.3 Å². The molecule has 144 valence electrons. The molecule has 0 bridgehead atoms. The normalized spacial score (nSPS) is 13.5. The molecule has 2 amide bonds. The van der Waals surface area contributed by atoms with Crippen LogP contribution in [0.15, 0.2) is 30.3 Å². The molecule has 0 radical (unpaired) electrons. The number of anilines is 2. The molecule has 0 saturated heterocycles. The number of aromatic nitrogens is 1. The first-order chi connectivity index (χ1) is 12.8. The Morgan fingerprint density at radius 3 is 2.85 bits per heavy atom. The van der Waals surface area contributed by atoms with Gasteiger partial charge in [-0.15, -0.1) is 0 Å². The zero-order chi connectivity index (χ0) is 19.4. The fourth-order valence-corrected chi connectivity index (χ4v) is 3.08. The van der Waals surface area contributed by atoms with Crippen molar-refractivity contribution < 1.29 is 18.0 Å². The lowest BCUT2D eigenvalue weighted by molar-refractivity contribution is -0.136. The molecule has 0 atom stereocenters. The van der Waals surface area contributed by atoms with Gasteiger partial charge in [0.2, 0.25) is 0 Å². The number of amides is 2. The molecule has 1 aromatic carbocycles. The number of fused-ring (bicyclic) bond motifs is 1. The van der Waals surface area contributed by atoms with E-state index in [0.29, 0.717) is 6.42 Å². The van der Waals surface area contributed by atoms with E-state index in [2.05, 4.69) is 20.9 Å². The minimum Gasteiger partial charge on any atom is -0.370 e. The molecule has 0 fully saturated rings. The summed E-state index contributed by atoms with van der Waals surface area (Å²) in [6, 6.07) is 6.47. The van der Waals surface area contributed by atoms with Gasteiger partial charge in [0.25, 0.3) is 0 Å². The number of urea groups is 1. The Morgan fingerprint density at radius 2 is 2.07 bits per heavy atom. The van der Waals surface area contributed by atoms with E-state index in [9.17, 15) is 18.0 Å². The van der Waals surface area contributed by atoms with E-state index < -0.39 is 23.5 Å². The number of carbonyl (C=O) groups excluding carboxylic acids is 1. The average Bonchev–Trinajstić information content (AvgIpc) is 2.62. The lowest BCUT2D eigenvalue weighted by Gasteiger charge is -2.17. The Morgan fingerprint density at radius 1 is 1.26 bits per heavy atom. The molecule has 1 aromatic heterocycles. The van der Waals surface area contributed by atoms with Gasteiger partial charge < -0.3 is 16.0 Å². The fraction of sp³-hybridized carbons (Fsp3) is 0.333. The molecule has 0 unspecified atom stereocenters. The summed E-state index contributed by atoms with van der Waals surface area (Å²) < 4.78 is 39.1. The summed E-state index contributed by atoms with van der Waals surface area (Å²) in [6.45, 7) is 1.10. The maximum Gasteiger partial charge on any atom is 0.418 e. The number of nitrogens with zero attached hydrogens (tertiary/aromatic N) is 1. The van der Waals surface area contributed by atoms with Gasteiger partial charge >= 0.3 is 12.2 Å². The summed E-state index contributed by atoms with van der Waals surface area (Å²) in [5.74, 6) is 0.856. The van der Waals surface area contributed by atoms with Crippen LogP contribution in [0.1, 0.15) is 23.2 Å². The van der Waals surface area contributed by atoms with Crippen molar-refractivity contribution >= 4 is 29.1 Å². The zero-order valence-electron chi connectivity index (χ0n) is 14.3. The number of nitrogens with one attached hydrogen (secondary N) is 3. The van der Waals surface area contributed by atoms with E-state index in [0.717, 1.165) is 42.5 Å². The lowest BCUT2D eigenvalue weighted by atomic mass is 10.1. The number of para-hydroxylation sites is 1. The van der Waals surface area contributed by atoms with Gasteiger partial charge in [0.05, 0.1) is 16.3 Å². The highest BCUT2D eigenvalue weighted by Crippen LogP contribution is 2.38. The molecule has 5 nitrogen and oxygen atoms in total. The van der Waals surface area contributed by atoms with Crippen molar-refractivity contribution in [3.63, 3.8) is 0 Å². The molecule has 1 aliphatic heterocycles. The fourth-order valence-electron chi connectivity index (χ4n) is 2.86. The first-order valence-electron chi connectivity index (χ1n) is 8.48. The number of carbonyl (C=O) groups is 1. The number of hydrogen-bond acceptors (Lipinski definition) is 3. The van der Waals surface area contributed by atoms with E-state index >= 15 is 0 Å². The summed E-state index contributed by atoms with van der Waals surface area (Å²) in [6.07, 6.45) is -2.11. The molecule has 9 heteroatoms. The van der Waals surface area contributed by atoms with Crippen molar-refractivity contribution in [2.75, 3.05) is 23.7 Å². The Kier molecular flexibility index (Phi) is 5.74. The van der Waals surface area contributed by atoms with Crippen LogP contribution in [0.2, 0.25) is 5.02 Å². The van der Waals surface area contributed by atoms with Gasteiger partial charge in [-0.2, -0.15) is 13.2 Å². The highest BCUT2D eigenvalue weighted by molar-refractivity contribution is 6.33. The quantitative estimate of drug-likeness (QED) is 0.711. The van der Waals surface area contributed by atoms with Gasteiger partial charge in [0.15, 0.2) is 0 Å². The first-order valence-corrected chi connectivity index (χ1v) is 8.85. The second-order valence-corrected chi connectivity index (χ2v) is 6.54. The van der Waals surface area contributed by atoms with E-state index in [1.807, 2.05) is 12.1 Å². The summed E-state index contributed by atoms with van der Waals surface area (Å²) in [5, 5.41) is 7.77. The van der Waals surface area contributed by atoms with Gasteiger partial charge in [-0.05, 0) is 36.6 Å². The average molecular weight is 399 g/mol. The SMILES string of the molecule is O=C(NCCc1ccc2c(n1)NCCC2)Nc1c(Cl)cccc1C(F)(F)F.